The Morgan fingerprint density at radius 3 is 2.67 bits per heavy atom. The summed E-state index contributed by atoms with van der Waals surface area (Å²) in [4.78, 5) is 11.7. The second-order valence-electron chi connectivity index (χ2n) is 5.86. The lowest BCUT2D eigenvalue weighted by Crippen LogP contribution is -2.37. The number of nitrogens with one attached hydrogen (secondary N) is 2. The summed E-state index contributed by atoms with van der Waals surface area (Å²) in [6.45, 7) is 1.47. The summed E-state index contributed by atoms with van der Waals surface area (Å²) in [6.07, 6.45) is 8.78. The minimum absolute atomic E-state index is 0.0409. The quantitative estimate of drug-likeness (QED) is 0.788. The van der Waals surface area contributed by atoms with E-state index in [9.17, 15) is 4.79 Å². The van der Waals surface area contributed by atoms with Crippen molar-refractivity contribution in [1.82, 2.24) is 10.6 Å². The number of hydrogen-bond donors (Lipinski definition) is 2. The van der Waals surface area contributed by atoms with Gasteiger partial charge in [-0.15, -0.1) is 0 Å². The molecule has 1 fully saturated rings. The van der Waals surface area contributed by atoms with Gasteiger partial charge in [0.25, 0.3) is 0 Å². The van der Waals surface area contributed by atoms with E-state index in [1.54, 1.807) is 0 Å². The maximum Gasteiger partial charge on any atom is 0.314 e. The van der Waals surface area contributed by atoms with E-state index in [0.717, 1.165) is 29.8 Å². The lowest BCUT2D eigenvalue weighted by atomic mass is 9.87. The van der Waals surface area contributed by atoms with E-state index < -0.39 is 0 Å². The molecule has 1 aromatic rings. The molecule has 1 saturated carbocycles. The van der Waals surface area contributed by atoms with E-state index in [-0.39, 0.29) is 6.03 Å². The zero-order valence-corrected chi connectivity index (χ0v) is 14.1. The lowest BCUT2D eigenvalue weighted by Gasteiger charge is -2.21. The van der Waals surface area contributed by atoms with Crippen LogP contribution in [-0.4, -0.2) is 19.1 Å². The van der Waals surface area contributed by atoms with Crippen LogP contribution in [0.2, 0.25) is 0 Å². The van der Waals surface area contributed by atoms with E-state index in [2.05, 4.69) is 38.7 Å². The van der Waals surface area contributed by atoms with Crippen molar-refractivity contribution in [2.45, 2.75) is 44.9 Å². The van der Waals surface area contributed by atoms with Gasteiger partial charge in [-0.3, -0.25) is 0 Å². The van der Waals surface area contributed by atoms with Gasteiger partial charge in [0, 0.05) is 17.6 Å². The third-order valence-corrected chi connectivity index (χ3v) is 4.64. The molecule has 0 radical (unpaired) electrons. The zero-order valence-electron chi connectivity index (χ0n) is 12.5. The average molecular weight is 353 g/mol. The molecule has 2 N–H and O–H groups in total. The monoisotopic (exact) mass is 352 g/mol. The number of amides is 2. The number of benzene rings is 1. The summed E-state index contributed by atoms with van der Waals surface area (Å²) in [5, 5.41) is 5.89. The second-order valence-corrected chi connectivity index (χ2v) is 6.77. The molecule has 3 nitrogen and oxygen atoms in total. The largest absolute Gasteiger partial charge is 0.338 e. The van der Waals surface area contributed by atoms with Crippen LogP contribution in [0.5, 0.6) is 0 Å². The van der Waals surface area contributed by atoms with Crippen molar-refractivity contribution < 1.29 is 4.79 Å². The Labute approximate surface area is 136 Å². The molecule has 2 amide bonds. The summed E-state index contributed by atoms with van der Waals surface area (Å²) >= 11 is 3.46. The molecule has 0 spiro atoms. The Balaban J connectivity index is 1.55. The third-order valence-electron chi connectivity index (χ3n) is 4.15. The van der Waals surface area contributed by atoms with Crippen LogP contribution in [0.25, 0.3) is 0 Å². The molecule has 0 saturated heterocycles. The molecule has 0 unspecified atom stereocenters. The maximum atomic E-state index is 11.7. The first kappa shape index (κ1) is 16.3. The number of hydrogen-bond acceptors (Lipinski definition) is 1. The number of rotatable bonds is 6. The van der Waals surface area contributed by atoms with E-state index in [1.165, 1.54) is 37.7 Å². The Kier molecular flexibility index (Phi) is 7.07. The maximum absolute atomic E-state index is 11.7. The first-order chi connectivity index (χ1) is 10.2. The summed E-state index contributed by atoms with van der Waals surface area (Å²) < 4.78 is 1.08. The van der Waals surface area contributed by atoms with Gasteiger partial charge in [-0.05, 0) is 36.5 Å². The fraction of sp³-hybridized carbons (Fsp3) is 0.588. The number of carbonyl (C=O) groups is 1. The average Bonchev–Trinajstić information content (AvgIpc) is 2.48. The molecule has 0 bridgehead atoms. The van der Waals surface area contributed by atoms with Gasteiger partial charge in [0.15, 0.2) is 0 Å². The SMILES string of the molecule is O=C(NCCc1cccc(Br)c1)NCCC1CCCCC1. The fourth-order valence-corrected chi connectivity index (χ4v) is 3.39. The topological polar surface area (TPSA) is 41.1 Å². The van der Waals surface area contributed by atoms with E-state index in [1.807, 2.05) is 12.1 Å². The van der Waals surface area contributed by atoms with Crippen molar-refractivity contribution in [3.63, 3.8) is 0 Å². The summed E-state index contributed by atoms with van der Waals surface area (Å²) in [5.41, 5.74) is 1.23. The van der Waals surface area contributed by atoms with Crippen molar-refractivity contribution >= 4 is 22.0 Å². The predicted molar refractivity (Wildman–Crippen MR) is 90.4 cm³/mol. The van der Waals surface area contributed by atoms with Gasteiger partial charge < -0.3 is 10.6 Å². The van der Waals surface area contributed by atoms with Crippen molar-refractivity contribution in [2.75, 3.05) is 13.1 Å². The normalized spacial score (nSPS) is 15.7. The van der Waals surface area contributed by atoms with Gasteiger partial charge in [0.2, 0.25) is 0 Å². The molecule has 21 heavy (non-hydrogen) atoms. The summed E-state index contributed by atoms with van der Waals surface area (Å²) in [7, 11) is 0. The molecular weight excluding hydrogens is 328 g/mol. The molecule has 2 rings (SSSR count). The molecule has 0 atom stereocenters. The van der Waals surface area contributed by atoms with Gasteiger partial charge in [-0.2, -0.15) is 0 Å². The van der Waals surface area contributed by atoms with Crippen LogP contribution in [0.15, 0.2) is 28.7 Å². The van der Waals surface area contributed by atoms with Gasteiger partial charge >= 0.3 is 6.03 Å². The second kappa shape index (κ2) is 9.08. The standard InChI is InChI=1S/C17H25BrN2O/c18-16-8-4-7-15(13-16)10-12-20-17(21)19-11-9-14-5-2-1-3-6-14/h4,7-8,13-14H,1-3,5-6,9-12H2,(H2,19,20,21). The predicted octanol–water partition coefficient (Wildman–Crippen LogP) is 4.26. The Morgan fingerprint density at radius 2 is 1.90 bits per heavy atom. The van der Waals surface area contributed by atoms with Gasteiger partial charge in [-0.1, -0.05) is 60.2 Å². The molecular formula is C17H25BrN2O. The van der Waals surface area contributed by atoms with Crippen molar-refractivity contribution in [3.8, 4) is 0 Å². The van der Waals surface area contributed by atoms with E-state index >= 15 is 0 Å². The molecule has 0 aliphatic heterocycles. The van der Waals surface area contributed by atoms with Crippen molar-refractivity contribution in [3.05, 3.63) is 34.3 Å². The number of carbonyl (C=O) groups excluding carboxylic acids is 1. The van der Waals surface area contributed by atoms with Crippen molar-refractivity contribution in [1.29, 1.82) is 0 Å². The highest BCUT2D eigenvalue weighted by atomic mass is 79.9. The molecule has 1 aliphatic rings. The Bertz CT molecular complexity index is 444. The number of halogens is 1. The highest BCUT2D eigenvalue weighted by Gasteiger charge is 2.13. The van der Waals surface area contributed by atoms with Crippen LogP contribution in [0.4, 0.5) is 4.79 Å². The van der Waals surface area contributed by atoms with Crippen LogP contribution in [0, 0.1) is 5.92 Å². The molecule has 0 heterocycles. The zero-order chi connectivity index (χ0) is 14.9. The molecule has 4 heteroatoms. The third kappa shape index (κ3) is 6.51. The van der Waals surface area contributed by atoms with Crippen LogP contribution in [0.1, 0.15) is 44.1 Å². The van der Waals surface area contributed by atoms with E-state index in [4.69, 9.17) is 0 Å². The van der Waals surface area contributed by atoms with Gasteiger partial charge in [0.1, 0.15) is 0 Å². The Morgan fingerprint density at radius 1 is 1.14 bits per heavy atom. The van der Waals surface area contributed by atoms with Gasteiger partial charge in [-0.25, -0.2) is 4.79 Å². The molecule has 0 aromatic heterocycles. The van der Waals surface area contributed by atoms with Crippen LogP contribution < -0.4 is 10.6 Å². The minimum Gasteiger partial charge on any atom is -0.338 e. The molecule has 1 aliphatic carbocycles. The van der Waals surface area contributed by atoms with Crippen LogP contribution in [-0.2, 0) is 6.42 Å². The van der Waals surface area contributed by atoms with Crippen molar-refractivity contribution in [2.24, 2.45) is 5.92 Å². The summed E-state index contributed by atoms with van der Waals surface area (Å²) in [5.74, 6) is 0.820. The smallest absolute Gasteiger partial charge is 0.314 e. The fourth-order valence-electron chi connectivity index (χ4n) is 2.94. The van der Waals surface area contributed by atoms with Gasteiger partial charge in [0.05, 0.1) is 0 Å². The highest BCUT2D eigenvalue weighted by molar-refractivity contribution is 9.10. The molecule has 116 valence electrons. The lowest BCUT2D eigenvalue weighted by molar-refractivity contribution is 0.239. The number of urea groups is 1. The first-order valence-electron chi connectivity index (χ1n) is 8.00. The van der Waals surface area contributed by atoms with Crippen LogP contribution in [0.3, 0.4) is 0 Å². The first-order valence-corrected chi connectivity index (χ1v) is 8.79. The summed E-state index contributed by atoms with van der Waals surface area (Å²) in [6, 6.07) is 8.15. The molecule has 1 aromatic carbocycles. The Hall–Kier alpha value is -1.03. The van der Waals surface area contributed by atoms with Crippen LogP contribution >= 0.6 is 15.9 Å². The minimum atomic E-state index is -0.0409. The van der Waals surface area contributed by atoms with E-state index in [0.29, 0.717) is 6.54 Å². The highest BCUT2D eigenvalue weighted by Crippen LogP contribution is 2.25.